The lowest BCUT2D eigenvalue weighted by molar-refractivity contribution is 0.477. The summed E-state index contributed by atoms with van der Waals surface area (Å²) in [7, 11) is 0. The van der Waals surface area contributed by atoms with Crippen molar-refractivity contribution in [1.29, 1.82) is 0 Å². The smallest absolute Gasteiger partial charge is 0.344 e. The fourth-order valence-electron chi connectivity index (χ4n) is 2.44. The van der Waals surface area contributed by atoms with Crippen molar-refractivity contribution in [3.8, 4) is 0 Å². The zero-order valence-corrected chi connectivity index (χ0v) is 11.7. The van der Waals surface area contributed by atoms with E-state index in [1.165, 1.54) is 4.88 Å². The van der Waals surface area contributed by atoms with Crippen molar-refractivity contribution in [2.75, 3.05) is 0 Å². The summed E-state index contributed by atoms with van der Waals surface area (Å²) in [5.74, 6) is 0.727. The van der Waals surface area contributed by atoms with Crippen molar-refractivity contribution < 1.29 is 4.42 Å². The molecule has 0 aliphatic heterocycles. The predicted molar refractivity (Wildman–Crippen MR) is 79.1 cm³/mol. The number of rotatable bonds is 2. The Morgan fingerprint density at radius 3 is 2.79 bits per heavy atom. The van der Waals surface area contributed by atoms with Crippen LogP contribution >= 0.6 is 11.3 Å². The minimum absolute atomic E-state index is 0.235. The van der Waals surface area contributed by atoms with Crippen molar-refractivity contribution in [1.82, 2.24) is 0 Å². The van der Waals surface area contributed by atoms with Crippen molar-refractivity contribution in [3.05, 3.63) is 67.9 Å². The van der Waals surface area contributed by atoms with Crippen LogP contribution in [-0.4, -0.2) is 0 Å². The highest BCUT2D eigenvalue weighted by Gasteiger charge is 2.08. The molecule has 3 rings (SSSR count). The predicted octanol–water partition coefficient (Wildman–Crippen LogP) is 4.06. The van der Waals surface area contributed by atoms with Gasteiger partial charge in [0, 0.05) is 11.3 Å². The van der Waals surface area contributed by atoms with E-state index in [4.69, 9.17) is 4.42 Å². The molecule has 1 aromatic carbocycles. The summed E-state index contributed by atoms with van der Waals surface area (Å²) in [6.07, 6.45) is 0.676. The molecule has 0 atom stereocenters. The van der Waals surface area contributed by atoms with Crippen molar-refractivity contribution >= 4 is 22.1 Å². The van der Waals surface area contributed by atoms with E-state index in [2.05, 4.69) is 6.07 Å². The summed E-state index contributed by atoms with van der Waals surface area (Å²) in [5, 5.41) is 3.70. The normalized spacial score (nSPS) is 11.1. The second-order valence-electron chi connectivity index (χ2n) is 4.80. The average Bonchev–Trinajstić information content (AvgIpc) is 2.79. The summed E-state index contributed by atoms with van der Waals surface area (Å²) in [4.78, 5) is 13.3. The SMILES string of the molecule is Cc1cc(C)c2c(=O)oc(Cc3cccs3)cc2c1. The Morgan fingerprint density at radius 1 is 1.21 bits per heavy atom. The molecule has 2 aromatic heterocycles. The van der Waals surface area contributed by atoms with Crippen LogP contribution in [-0.2, 0) is 6.42 Å². The van der Waals surface area contributed by atoms with E-state index in [1.807, 2.05) is 43.5 Å². The molecular weight excluding hydrogens is 256 g/mol. The summed E-state index contributed by atoms with van der Waals surface area (Å²) in [6, 6.07) is 10.1. The first-order valence-electron chi connectivity index (χ1n) is 6.20. The van der Waals surface area contributed by atoms with Crippen LogP contribution in [0, 0.1) is 13.8 Å². The zero-order chi connectivity index (χ0) is 13.4. The number of fused-ring (bicyclic) bond motifs is 1. The van der Waals surface area contributed by atoms with Gasteiger partial charge >= 0.3 is 5.63 Å². The van der Waals surface area contributed by atoms with Crippen LogP contribution in [0.5, 0.6) is 0 Å². The third-order valence-corrected chi connectivity index (χ3v) is 4.06. The molecule has 0 amide bonds. The zero-order valence-electron chi connectivity index (χ0n) is 10.9. The van der Waals surface area contributed by atoms with E-state index in [0.717, 1.165) is 22.3 Å². The molecule has 0 radical (unpaired) electrons. The Kier molecular flexibility index (Phi) is 2.99. The van der Waals surface area contributed by atoms with Crippen LogP contribution in [0.4, 0.5) is 0 Å². The molecule has 0 saturated carbocycles. The van der Waals surface area contributed by atoms with E-state index in [9.17, 15) is 4.79 Å². The first kappa shape index (κ1) is 12.2. The Bertz CT molecular complexity index is 782. The van der Waals surface area contributed by atoms with Crippen LogP contribution in [0.25, 0.3) is 10.8 Å². The molecule has 19 heavy (non-hydrogen) atoms. The second-order valence-corrected chi connectivity index (χ2v) is 5.83. The third-order valence-electron chi connectivity index (χ3n) is 3.18. The van der Waals surface area contributed by atoms with Gasteiger partial charge in [-0.15, -0.1) is 11.3 Å². The highest BCUT2D eigenvalue weighted by molar-refractivity contribution is 7.09. The first-order chi connectivity index (χ1) is 9.13. The Balaban J connectivity index is 2.16. The number of thiophene rings is 1. The monoisotopic (exact) mass is 270 g/mol. The van der Waals surface area contributed by atoms with Crippen molar-refractivity contribution in [2.24, 2.45) is 0 Å². The van der Waals surface area contributed by atoms with Crippen LogP contribution in [0.3, 0.4) is 0 Å². The van der Waals surface area contributed by atoms with Crippen LogP contribution < -0.4 is 5.63 Å². The number of benzene rings is 1. The van der Waals surface area contributed by atoms with Gasteiger partial charge in [0.25, 0.3) is 0 Å². The van der Waals surface area contributed by atoms with Crippen LogP contribution in [0.15, 0.2) is 44.9 Å². The molecule has 2 heterocycles. The molecule has 3 aromatic rings. The molecule has 96 valence electrons. The van der Waals surface area contributed by atoms with Gasteiger partial charge in [0.15, 0.2) is 0 Å². The Morgan fingerprint density at radius 2 is 2.05 bits per heavy atom. The van der Waals surface area contributed by atoms with Gasteiger partial charge in [0.05, 0.1) is 5.39 Å². The average molecular weight is 270 g/mol. The number of aryl methyl sites for hydroxylation is 2. The molecule has 0 N–H and O–H groups in total. The highest BCUT2D eigenvalue weighted by Crippen LogP contribution is 2.21. The Labute approximate surface area is 115 Å². The van der Waals surface area contributed by atoms with E-state index in [0.29, 0.717) is 11.8 Å². The van der Waals surface area contributed by atoms with Gasteiger partial charge < -0.3 is 4.42 Å². The summed E-state index contributed by atoms with van der Waals surface area (Å²) >= 11 is 1.67. The summed E-state index contributed by atoms with van der Waals surface area (Å²) in [6.45, 7) is 3.99. The molecule has 0 saturated heterocycles. The van der Waals surface area contributed by atoms with Gasteiger partial charge in [-0.2, -0.15) is 0 Å². The molecular formula is C16H14O2S. The maximum absolute atomic E-state index is 12.1. The van der Waals surface area contributed by atoms with E-state index >= 15 is 0 Å². The second kappa shape index (κ2) is 4.67. The molecule has 2 nitrogen and oxygen atoms in total. The van der Waals surface area contributed by atoms with Gasteiger partial charge in [0.2, 0.25) is 0 Å². The van der Waals surface area contributed by atoms with Gasteiger partial charge in [-0.25, -0.2) is 4.79 Å². The van der Waals surface area contributed by atoms with Gasteiger partial charge in [-0.1, -0.05) is 23.8 Å². The number of hydrogen-bond acceptors (Lipinski definition) is 3. The van der Waals surface area contributed by atoms with Gasteiger partial charge in [0.1, 0.15) is 5.76 Å². The van der Waals surface area contributed by atoms with Crippen molar-refractivity contribution in [3.63, 3.8) is 0 Å². The van der Waals surface area contributed by atoms with Crippen LogP contribution in [0.1, 0.15) is 21.8 Å². The molecule has 0 bridgehead atoms. The number of hydrogen-bond donors (Lipinski definition) is 0. The fourth-order valence-corrected chi connectivity index (χ4v) is 3.15. The lowest BCUT2D eigenvalue weighted by atomic mass is 10.0. The minimum atomic E-state index is -0.235. The molecule has 0 unspecified atom stereocenters. The fraction of sp³-hybridized carbons (Fsp3) is 0.188. The van der Waals surface area contributed by atoms with Gasteiger partial charge in [-0.3, -0.25) is 0 Å². The Hall–Kier alpha value is -1.87. The maximum atomic E-state index is 12.1. The van der Waals surface area contributed by atoms with Crippen molar-refractivity contribution in [2.45, 2.75) is 20.3 Å². The highest BCUT2D eigenvalue weighted by atomic mass is 32.1. The quantitative estimate of drug-likeness (QED) is 0.703. The molecule has 0 aliphatic rings. The summed E-state index contributed by atoms with van der Waals surface area (Å²) < 4.78 is 5.44. The van der Waals surface area contributed by atoms with Gasteiger partial charge in [-0.05, 0) is 42.3 Å². The topological polar surface area (TPSA) is 30.2 Å². The minimum Gasteiger partial charge on any atom is -0.427 e. The van der Waals surface area contributed by atoms with Crippen LogP contribution in [0.2, 0.25) is 0 Å². The van der Waals surface area contributed by atoms with E-state index in [1.54, 1.807) is 11.3 Å². The largest absolute Gasteiger partial charge is 0.427 e. The lowest BCUT2D eigenvalue weighted by Crippen LogP contribution is -2.04. The summed E-state index contributed by atoms with van der Waals surface area (Å²) in [5.41, 5.74) is 1.91. The lowest BCUT2D eigenvalue weighted by Gasteiger charge is -2.05. The maximum Gasteiger partial charge on any atom is 0.344 e. The molecule has 0 fully saturated rings. The molecule has 3 heteroatoms. The van der Waals surface area contributed by atoms with E-state index < -0.39 is 0 Å². The first-order valence-corrected chi connectivity index (χ1v) is 7.08. The standard InChI is InChI=1S/C16H14O2S/c1-10-6-11(2)15-12(7-10)8-13(18-16(15)17)9-14-4-3-5-19-14/h3-8H,9H2,1-2H3. The molecule has 0 aliphatic carbocycles. The molecule has 0 spiro atoms. The van der Waals surface area contributed by atoms with E-state index in [-0.39, 0.29) is 5.63 Å². The third kappa shape index (κ3) is 2.34.